The molecule has 1 saturated heterocycles. The van der Waals surface area contributed by atoms with Gasteiger partial charge in [0.05, 0.1) is 27.6 Å². The van der Waals surface area contributed by atoms with Gasteiger partial charge in [-0.05, 0) is 43.3 Å². The molecule has 0 saturated carbocycles. The molecule has 2 amide bonds. The van der Waals surface area contributed by atoms with Crippen molar-refractivity contribution in [3.8, 4) is 0 Å². The van der Waals surface area contributed by atoms with E-state index in [0.29, 0.717) is 24.4 Å². The highest BCUT2D eigenvalue weighted by atomic mass is 32.1. The predicted octanol–water partition coefficient (Wildman–Crippen LogP) is 2.54. The molecule has 0 radical (unpaired) electrons. The first-order valence-electron chi connectivity index (χ1n) is 9.79. The Kier molecular flexibility index (Phi) is 7.58. The summed E-state index contributed by atoms with van der Waals surface area (Å²) in [6.07, 6.45) is 1.86. The molecule has 3 rings (SSSR count). The number of thiocarbonyl (C=S) groups is 1. The molecule has 0 bridgehead atoms. The molecule has 1 heterocycles. The Morgan fingerprint density at radius 2 is 1.73 bits per heavy atom. The number of benzene rings is 2. The monoisotopic (exact) mass is 473 g/mol. The van der Waals surface area contributed by atoms with Gasteiger partial charge < -0.3 is 15.4 Å². The number of carbonyl (C=O) groups is 2. The standard InChI is InChI=1S/C20H19N5O7S/c26-18(21-11-17-5-2-6-32-17)12-3-1-4-14(7-12)22-20(33)23-19(27)13-8-15(24(28)29)10-16(9-13)25(30)31/h1,3-4,7-10,17H,2,5-6,11H2,(H,21,26)(H2,22,23,27,33). The molecule has 0 aromatic heterocycles. The van der Waals surface area contributed by atoms with E-state index in [1.165, 1.54) is 6.07 Å². The summed E-state index contributed by atoms with van der Waals surface area (Å²) in [5, 5.41) is 29.7. The van der Waals surface area contributed by atoms with Crippen LogP contribution in [0.1, 0.15) is 33.6 Å². The Bertz CT molecular complexity index is 1090. The minimum absolute atomic E-state index is 0.00248. The molecule has 1 fully saturated rings. The molecule has 2 aromatic carbocycles. The van der Waals surface area contributed by atoms with Crippen molar-refractivity contribution in [2.24, 2.45) is 0 Å². The third kappa shape index (κ3) is 6.51. The first-order valence-corrected chi connectivity index (χ1v) is 10.2. The number of nitrogens with zero attached hydrogens (tertiary/aromatic N) is 2. The molecule has 172 valence electrons. The van der Waals surface area contributed by atoms with Crippen LogP contribution >= 0.6 is 12.2 Å². The number of hydrogen-bond donors (Lipinski definition) is 3. The van der Waals surface area contributed by atoms with E-state index >= 15 is 0 Å². The number of amides is 2. The number of nitro groups is 2. The largest absolute Gasteiger partial charge is 0.376 e. The maximum Gasteiger partial charge on any atom is 0.277 e. The van der Waals surface area contributed by atoms with Crippen LogP contribution < -0.4 is 16.0 Å². The first kappa shape index (κ1) is 23.7. The molecule has 1 aliphatic heterocycles. The van der Waals surface area contributed by atoms with Gasteiger partial charge in [-0.25, -0.2) is 0 Å². The van der Waals surface area contributed by atoms with Gasteiger partial charge in [0.1, 0.15) is 0 Å². The lowest BCUT2D eigenvalue weighted by Gasteiger charge is -2.12. The number of rotatable bonds is 7. The van der Waals surface area contributed by atoms with Crippen LogP contribution in [0.3, 0.4) is 0 Å². The van der Waals surface area contributed by atoms with Gasteiger partial charge in [0.2, 0.25) is 0 Å². The topological polar surface area (TPSA) is 166 Å². The van der Waals surface area contributed by atoms with Crippen molar-refractivity contribution in [2.45, 2.75) is 18.9 Å². The van der Waals surface area contributed by atoms with E-state index in [0.717, 1.165) is 31.0 Å². The van der Waals surface area contributed by atoms with E-state index in [2.05, 4.69) is 16.0 Å². The Hall–Kier alpha value is -3.97. The molecular formula is C20H19N5O7S. The number of nitrogens with one attached hydrogen (secondary N) is 3. The minimum atomic E-state index is -0.871. The first-order chi connectivity index (χ1) is 15.7. The van der Waals surface area contributed by atoms with Crippen LogP contribution in [-0.4, -0.2) is 46.0 Å². The maximum absolute atomic E-state index is 12.4. The SMILES string of the molecule is O=C(NCC1CCCO1)c1cccc(NC(=S)NC(=O)c2cc([N+](=O)[O-])cc([N+](=O)[O-])c2)c1. The normalized spacial score (nSPS) is 14.8. The fourth-order valence-electron chi connectivity index (χ4n) is 3.13. The van der Waals surface area contributed by atoms with Crippen molar-refractivity contribution in [3.63, 3.8) is 0 Å². The van der Waals surface area contributed by atoms with Crippen molar-refractivity contribution in [3.05, 3.63) is 73.8 Å². The van der Waals surface area contributed by atoms with Gasteiger partial charge in [-0.1, -0.05) is 6.07 Å². The molecule has 1 aliphatic rings. The number of hydrogen-bond acceptors (Lipinski definition) is 8. The Morgan fingerprint density at radius 1 is 1.03 bits per heavy atom. The number of ether oxygens (including phenoxy) is 1. The van der Waals surface area contributed by atoms with Gasteiger partial charge in [-0.3, -0.25) is 35.1 Å². The average Bonchev–Trinajstić information content (AvgIpc) is 3.30. The summed E-state index contributed by atoms with van der Waals surface area (Å²) < 4.78 is 5.47. The predicted molar refractivity (Wildman–Crippen MR) is 121 cm³/mol. The summed E-state index contributed by atoms with van der Waals surface area (Å²) in [5.41, 5.74) is -0.733. The lowest BCUT2D eigenvalue weighted by molar-refractivity contribution is -0.394. The van der Waals surface area contributed by atoms with Crippen molar-refractivity contribution in [2.75, 3.05) is 18.5 Å². The quantitative estimate of drug-likeness (QED) is 0.311. The second kappa shape index (κ2) is 10.6. The Balaban J connectivity index is 1.63. The molecule has 2 aromatic rings. The second-order valence-electron chi connectivity index (χ2n) is 7.09. The molecule has 1 unspecified atom stereocenters. The van der Waals surface area contributed by atoms with Crippen molar-refractivity contribution < 1.29 is 24.2 Å². The molecule has 13 heteroatoms. The number of non-ortho nitro benzene ring substituents is 2. The third-order valence-corrected chi connectivity index (χ3v) is 4.91. The van der Waals surface area contributed by atoms with E-state index in [4.69, 9.17) is 17.0 Å². The molecule has 0 aliphatic carbocycles. The third-order valence-electron chi connectivity index (χ3n) is 4.71. The maximum atomic E-state index is 12.4. The van der Waals surface area contributed by atoms with E-state index in [-0.39, 0.29) is 22.7 Å². The second-order valence-corrected chi connectivity index (χ2v) is 7.49. The average molecular weight is 473 g/mol. The van der Waals surface area contributed by atoms with E-state index < -0.39 is 27.1 Å². The highest BCUT2D eigenvalue weighted by Crippen LogP contribution is 2.22. The molecular weight excluding hydrogens is 454 g/mol. The van der Waals surface area contributed by atoms with Gasteiger partial charge in [0.25, 0.3) is 23.2 Å². The van der Waals surface area contributed by atoms with Crippen LogP contribution in [0.5, 0.6) is 0 Å². The van der Waals surface area contributed by atoms with Gasteiger partial charge >= 0.3 is 0 Å². The van der Waals surface area contributed by atoms with Crippen LogP contribution in [0, 0.1) is 20.2 Å². The van der Waals surface area contributed by atoms with Crippen LogP contribution in [-0.2, 0) is 4.74 Å². The van der Waals surface area contributed by atoms with Crippen LogP contribution in [0.15, 0.2) is 42.5 Å². The fraction of sp³-hybridized carbons (Fsp3) is 0.250. The van der Waals surface area contributed by atoms with Crippen LogP contribution in [0.2, 0.25) is 0 Å². The number of nitro benzene ring substituents is 2. The van der Waals surface area contributed by atoms with Crippen LogP contribution in [0.25, 0.3) is 0 Å². The lowest BCUT2D eigenvalue weighted by atomic mass is 10.1. The zero-order valence-corrected chi connectivity index (χ0v) is 17.9. The van der Waals surface area contributed by atoms with Crippen LogP contribution in [0.4, 0.5) is 17.1 Å². The van der Waals surface area contributed by atoms with Gasteiger partial charge in [-0.15, -0.1) is 0 Å². The van der Waals surface area contributed by atoms with E-state index in [9.17, 15) is 29.8 Å². The number of anilines is 1. The summed E-state index contributed by atoms with van der Waals surface area (Å²) in [5.74, 6) is -1.17. The smallest absolute Gasteiger partial charge is 0.277 e. The molecule has 0 spiro atoms. The van der Waals surface area contributed by atoms with Gasteiger partial charge in [0.15, 0.2) is 5.11 Å². The Labute approximate surface area is 192 Å². The molecule has 3 N–H and O–H groups in total. The van der Waals surface area contributed by atoms with Gasteiger partial charge in [-0.2, -0.15) is 0 Å². The zero-order valence-electron chi connectivity index (χ0n) is 17.1. The van der Waals surface area contributed by atoms with Crippen molar-refractivity contribution >= 4 is 46.2 Å². The summed E-state index contributed by atoms with van der Waals surface area (Å²) in [6, 6.07) is 8.95. The summed E-state index contributed by atoms with van der Waals surface area (Å²) >= 11 is 5.09. The summed E-state index contributed by atoms with van der Waals surface area (Å²) in [4.78, 5) is 45.1. The molecule has 12 nitrogen and oxygen atoms in total. The van der Waals surface area contributed by atoms with E-state index in [1.54, 1.807) is 18.2 Å². The minimum Gasteiger partial charge on any atom is -0.376 e. The lowest BCUT2D eigenvalue weighted by Crippen LogP contribution is -2.34. The van der Waals surface area contributed by atoms with Crippen molar-refractivity contribution in [1.82, 2.24) is 10.6 Å². The molecule has 1 atom stereocenters. The zero-order chi connectivity index (χ0) is 24.0. The Morgan fingerprint density at radius 3 is 2.33 bits per heavy atom. The van der Waals surface area contributed by atoms with Crippen molar-refractivity contribution in [1.29, 1.82) is 0 Å². The summed E-state index contributed by atoms with van der Waals surface area (Å²) in [6.45, 7) is 1.09. The number of carbonyl (C=O) groups excluding carboxylic acids is 2. The van der Waals surface area contributed by atoms with E-state index in [1.807, 2.05) is 0 Å². The summed E-state index contributed by atoms with van der Waals surface area (Å²) in [7, 11) is 0. The molecule has 33 heavy (non-hydrogen) atoms. The highest BCUT2D eigenvalue weighted by molar-refractivity contribution is 7.80. The highest BCUT2D eigenvalue weighted by Gasteiger charge is 2.21. The fourth-order valence-corrected chi connectivity index (χ4v) is 3.34. The van der Waals surface area contributed by atoms with Gasteiger partial charge in [0, 0.05) is 36.5 Å².